The zero-order valence-corrected chi connectivity index (χ0v) is 10.7. The van der Waals surface area contributed by atoms with E-state index in [1.54, 1.807) is 0 Å². The molecule has 0 saturated heterocycles. The van der Waals surface area contributed by atoms with Crippen molar-refractivity contribution in [1.29, 1.82) is 0 Å². The van der Waals surface area contributed by atoms with E-state index in [2.05, 4.69) is 35.1 Å². The van der Waals surface area contributed by atoms with E-state index in [0.717, 1.165) is 31.1 Å². The molecule has 0 radical (unpaired) electrons. The van der Waals surface area contributed by atoms with E-state index in [-0.39, 0.29) is 11.3 Å². The first-order chi connectivity index (χ1) is 6.55. The first-order valence-electron chi connectivity index (χ1n) is 5.39. The summed E-state index contributed by atoms with van der Waals surface area (Å²) in [5.41, 5.74) is 0.211. The highest BCUT2D eigenvalue weighted by Gasteiger charge is 2.26. The van der Waals surface area contributed by atoms with Gasteiger partial charge in [0.25, 0.3) is 0 Å². The molecule has 1 saturated carbocycles. The fourth-order valence-electron chi connectivity index (χ4n) is 1.49. The van der Waals surface area contributed by atoms with Crippen LogP contribution in [0.1, 0.15) is 39.5 Å². The summed E-state index contributed by atoms with van der Waals surface area (Å²) in [6, 6.07) is 0. The van der Waals surface area contributed by atoms with Gasteiger partial charge in [-0.3, -0.25) is 4.79 Å². The normalized spacial score (nSPS) is 17.6. The van der Waals surface area contributed by atoms with Crippen molar-refractivity contribution in [3.05, 3.63) is 0 Å². The summed E-state index contributed by atoms with van der Waals surface area (Å²) in [7, 11) is 0. The van der Waals surface area contributed by atoms with Crippen molar-refractivity contribution in [1.82, 2.24) is 5.32 Å². The highest BCUT2D eigenvalue weighted by atomic mass is 79.9. The Morgan fingerprint density at radius 1 is 1.50 bits per heavy atom. The molecule has 0 aromatic carbocycles. The minimum absolute atomic E-state index is 0.211. The van der Waals surface area contributed by atoms with Crippen LogP contribution in [0, 0.1) is 11.3 Å². The molecule has 1 aliphatic carbocycles. The third-order valence-electron chi connectivity index (χ3n) is 2.99. The first-order valence-corrected chi connectivity index (χ1v) is 6.51. The van der Waals surface area contributed by atoms with E-state index in [1.807, 2.05) is 0 Å². The van der Waals surface area contributed by atoms with Crippen LogP contribution in [0.5, 0.6) is 0 Å². The van der Waals surface area contributed by atoms with Gasteiger partial charge in [0, 0.05) is 17.8 Å². The molecule has 82 valence electrons. The van der Waals surface area contributed by atoms with Gasteiger partial charge in [0.1, 0.15) is 0 Å². The number of alkyl halides is 1. The summed E-state index contributed by atoms with van der Waals surface area (Å²) in [6.45, 7) is 5.18. The summed E-state index contributed by atoms with van der Waals surface area (Å²) in [5.74, 6) is 0.577. The molecule has 0 unspecified atom stereocenters. The Morgan fingerprint density at radius 2 is 2.14 bits per heavy atom. The quantitative estimate of drug-likeness (QED) is 0.758. The number of halogens is 1. The Balaban J connectivity index is 2.21. The third-order valence-corrected chi connectivity index (χ3v) is 3.38. The van der Waals surface area contributed by atoms with Crippen LogP contribution in [-0.2, 0) is 4.79 Å². The van der Waals surface area contributed by atoms with Crippen molar-refractivity contribution in [2.45, 2.75) is 39.5 Å². The Hall–Kier alpha value is -0.0500. The van der Waals surface area contributed by atoms with Crippen LogP contribution in [0.2, 0.25) is 0 Å². The van der Waals surface area contributed by atoms with Crippen LogP contribution in [0.15, 0.2) is 0 Å². The van der Waals surface area contributed by atoms with Crippen LogP contribution in [-0.4, -0.2) is 17.8 Å². The summed E-state index contributed by atoms with van der Waals surface area (Å²) in [4.78, 5) is 11.6. The van der Waals surface area contributed by atoms with Crippen LogP contribution in [0.3, 0.4) is 0 Å². The van der Waals surface area contributed by atoms with Gasteiger partial charge in [-0.05, 0) is 24.7 Å². The third kappa shape index (κ3) is 3.60. The topological polar surface area (TPSA) is 29.1 Å². The molecule has 1 fully saturated rings. The summed E-state index contributed by atoms with van der Waals surface area (Å²) < 4.78 is 0. The van der Waals surface area contributed by atoms with E-state index in [4.69, 9.17) is 0 Å². The van der Waals surface area contributed by atoms with Crippen molar-refractivity contribution in [3.8, 4) is 0 Å². The smallest absolute Gasteiger partial charge is 0.223 e. The van der Waals surface area contributed by atoms with Crippen LogP contribution >= 0.6 is 15.9 Å². The molecule has 0 heterocycles. The van der Waals surface area contributed by atoms with Gasteiger partial charge in [0.15, 0.2) is 0 Å². The molecular formula is C11H20BrNO. The van der Waals surface area contributed by atoms with Crippen LogP contribution in [0.25, 0.3) is 0 Å². The molecule has 0 atom stereocenters. The van der Waals surface area contributed by atoms with Crippen molar-refractivity contribution in [2.75, 3.05) is 11.9 Å². The molecular weight excluding hydrogens is 242 g/mol. The Labute approximate surface area is 95.0 Å². The molecule has 1 amide bonds. The van der Waals surface area contributed by atoms with E-state index in [0.29, 0.717) is 5.92 Å². The maximum absolute atomic E-state index is 11.6. The maximum Gasteiger partial charge on any atom is 0.223 e. The first kappa shape index (κ1) is 12.0. The fraction of sp³-hybridized carbons (Fsp3) is 0.909. The SMILES string of the molecule is CC(C)(CCBr)CNC(=O)C1CCC1. The second-order valence-corrected chi connectivity index (χ2v) is 5.74. The standard InChI is InChI=1S/C11H20BrNO/c1-11(2,6-7-12)8-13-10(14)9-4-3-5-9/h9H,3-8H2,1-2H3,(H,13,14). The number of nitrogens with one attached hydrogen (secondary N) is 1. The minimum Gasteiger partial charge on any atom is -0.355 e. The average Bonchev–Trinajstić information content (AvgIpc) is 1.98. The molecule has 2 nitrogen and oxygen atoms in total. The van der Waals surface area contributed by atoms with Crippen molar-refractivity contribution in [2.24, 2.45) is 11.3 Å². The molecule has 3 heteroatoms. The number of amides is 1. The minimum atomic E-state index is 0.211. The van der Waals surface area contributed by atoms with Crippen molar-refractivity contribution < 1.29 is 4.79 Å². The Morgan fingerprint density at radius 3 is 2.57 bits per heavy atom. The predicted octanol–water partition coefficient (Wildman–Crippen LogP) is 2.71. The highest BCUT2D eigenvalue weighted by molar-refractivity contribution is 9.09. The van der Waals surface area contributed by atoms with E-state index < -0.39 is 0 Å². The molecule has 14 heavy (non-hydrogen) atoms. The Kier molecular flexibility index (Phi) is 4.42. The van der Waals surface area contributed by atoms with Gasteiger partial charge in [-0.15, -0.1) is 0 Å². The molecule has 1 N–H and O–H groups in total. The molecule has 1 rings (SSSR count). The second-order valence-electron chi connectivity index (χ2n) is 4.95. The number of rotatable bonds is 5. The second kappa shape index (κ2) is 5.15. The number of carbonyl (C=O) groups is 1. The fourth-order valence-corrected chi connectivity index (χ4v) is 2.56. The predicted molar refractivity (Wildman–Crippen MR) is 62.5 cm³/mol. The van der Waals surface area contributed by atoms with Gasteiger partial charge < -0.3 is 5.32 Å². The van der Waals surface area contributed by atoms with Crippen LogP contribution < -0.4 is 5.32 Å². The van der Waals surface area contributed by atoms with Gasteiger partial charge in [0.05, 0.1) is 0 Å². The lowest BCUT2D eigenvalue weighted by Gasteiger charge is -2.28. The number of hydrogen-bond donors (Lipinski definition) is 1. The Bertz CT molecular complexity index is 199. The van der Waals surface area contributed by atoms with Crippen molar-refractivity contribution >= 4 is 21.8 Å². The average molecular weight is 262 g/mol. The van der Waals surface area contributed by atoms with Gasteiger partial charge in [-0.25, -0.2) is 0 Å². The lowest BCUT2D eigenvalue weighted by molar-refractivity contribution is -0.127. The molecule has 0 bridgehead atoms. The monoisotopic (exact) mass is 261 g/mol. The van der Waals surface area contributed by atoms with Gasteiger partial charge >= 0.3 is 0 Å². The van der Waals surface area contributed by atoms with Gasteiger partial charge in [-0.1, -0.05) is 36.2 Å². The summed E-state index contributed by atoms with van der Waals surface area (Å²) >= 11 is 3.43. The largest absolute Gasteiger partial charge is 0.355 e. The van der Waals surface area contributed by atoms with E-state index >= 15 is 0 Å². The molecule has 1 aliphatic rings. The molecule has 0 spiro atoms. The number of carbonyl (C=O) groups excluding carboxylic acids is 1. The maximum atomic E-state index is 11.6. The molecule has 0 aromatic heterocycles. The van der Waals surface area contributed by atoms with Crippen molar-refractivity contribution in [3.63, 3.8) is 0 Å². The lowest BCUT2D eigenvalue weighted by Crippen LogP contribution is -2.39. The van der Waals surface area contributed by atoms with Gasteiger partial charge in [0.2, 0.25) is 5.91 Å². The summed E-state index contributed by atoms with van der Waals surface area (Å²) in [6.07, 6.45) is 4.50. The van der Waals surface area contributed by atoms with Gasteiger partial charge in [-0.2, -0.15) is 0 Å². The molecule has 0 aromatic rings. The van der Waals surface area contributed by atoms with E-state index in [9.17, 15) is 4.79 Å². The zero-order valence-electron chi connectivity index (χ0n) is 9.11. The molecule has 0 aliphatic heterocycles. The zero-order chi connectivity index (χ0) is 10.6. The van der Waals surface area contributed by atoms with Crippen LogP contribution in [0.4, 0.5) is 0 Å². The summed E-state index contributed by atoms with van der Waals surface area (Å²) in [5, 5.41) is 4.05. The van der Waals surface area contributed by atoms with E-state index in [1.165, 1.54) is 6.42 Å². The lowest BCUT2D eigenvalue weighted by atomic mass is 9.84. The highest BCUT2D eigenvalue weighted by Crippen LogP contribution is 2.27. The number of hydrogen-bond acceptors (Lipinski definition) is 1.